The number of aromatic nitrogens is 1. The van der Waals surface area contributed by atoms with E-state index in [2.05, 4.69) is 192 Å². The van der Waals surface area contributed by atoms with Crippen LogP contribution < -0.4 is 25.5 Å². The molecule has 4 aliphatic rings. The first kappa shape index (κ1) is 37.9. The fourth-order valence-corrected chi connectivity index (χ4v) is 13.2. The van der Waals surface area contributed by atoms with Crippen molar-refractivity contribution >= 4 is 78.1 Å². The molecule has 0 saturated heterocycles. The molecule has 0 saturated carbocycles. The van der Waals surface area contributed by atoms with Crippen molar-refractivity contribution in [1.82, 2.24) is 4.98 Å². The van der Waals surface area contributed by atoms with Crippen LogP contribution in [0.1, 0.15) is 143 Å². The molecule has 0 amide bonds. The van der Waals surface area contributed by atoms with Crippen molar-refractivity contribution in [1.29, 1.82) is 0 Å². The Kier molecular flexibility index (Phi) is 7.63. The fourth-order valence-electron chi connectivity index (χ4n) is 11.9. The summed E-state index contributed by atoms with van der Waals surface area (Å²) in [6.45, 7) is 33.6. The third-order valence-electron chi connectivity index (χ3n) is 14.2. The molecule has 2 aliphatic carbocycles. The van der Waals surface area contributed by atoms with Gasteiger partial charge in [-0.05, 0) is 127 Å². The molecule has 10 rings (SSSR count). The SMILES string of the molecule is CC(C)(C)c1ccc2sc3c(c2c1)N(c1ccccc1)c1cc(C(C)(C)C)nc2c1B3c1cc3c(cc1N2c1ccc2c(c1)C(C)(C)CC2(C)C)C(C)(C)CC3(C)C. The molecular weight excluding hydrogens is 721 g/mol. The van der Waals surface area contributed by atoms with Crippen LogP contribution in [0.25, 0.3) is 10.1 Å². The normalized spacial score (nSPS) is 19.2. The maximum absolute atomic E-state index is 5.86. The van der Waals surface area contributed by atoms with E-state index in [-0.39, 0.29) is 39.2 Å². The number of pyridine rings is 1. The zero-order chi connectivity index (χ0) is 41.3. The number of nitrogens with zero attached hydrogens (tertiary/aromatic N) is 3. The van der Waals surface area contributed by atoms with Gasteiger partial charge in [0.05, 0.1) is 11.4 Å². The van der Waals surface area contributed by atoms with Gasteiger partial charge in [0.2, 0.25) is 0 Å². The van der Waals surface area contributed by atoms with Crippen LogP contribution in [-0.4, -0.2) is 11.7 Å². The Morgan fingerprint density at radius 3 is 1.84 bits per heavy atom. The summed E-state index contributed by atoms with van der Waals surface area (Å²) in [6.07, 6.45) is 2.26. The highest BCUT2D eigenvalue weighted by Crippen LogP contribution is 2.55. The maximum Gasteiger partial charge on any atom is 0.266 e. The molecule has 2 aromatic heterocycles. The van der Waals surface area contributed by atoms with E-state index in [1.54, 1.807) is 0 Å². The quantitative estimate of drug-likeness (QED) is 0.163. The molecule has 0 bridgehead atoms. The van der Waals surface area contributed by atoms with Crippen LogP contribution in [0.4, 0.5) is 34.3 Å². The van der Waals surface area contributed by atoms with Crippen LogP contribution in [0.15, 0.2) is 84.9 Å². The Balaban J connectivity index is 1.37. The second-order valence-corrected chi connectivity index (χ2v) is 23.9. The number of rotatable bonds is 2. The molecule has 4 heterocycles. The summed E-state index contributed by atoms with van der Waals surface area (Å²) in [7, 11) is 0. The molecular formula is C53H60BN3S. The third-order valence-corrected chi connectivity index (χ3v) is 15.5. The van der Waals surface area contributed by atoms with Crippen LogP contribution in [0.5, 0.6) is 0 Å². The average Bonchev–Trinajstić information content (AvgIpc) is 3.66. The lowest BCUT2D eigenvalue weighted by Crippen LogP contribution is -2.61. The first-order chi connectivity index (χ1) is 27.0. The van der Waals surface area contributed by atoms with E-state index in [0.29, 0.717) is 0 Å². The number of para-hydroxylation sites is 1. The summed E-state index contributed by atoms with van der Waals surface area (Å²) in [5, 5.41) is 1.34. The highest BCUT2D eigenvalue weighted by atomic mass is 32.1. The Morgan fingerprint density at radius 2 is 1.21 bits per heavy atom. The number of benzene rings is 4. The minimum absolute atomic E-state index is 0.0280. The lowest BCUT2D eigenvalue weighted by molar-refractivity contribution is 0.403. The second-order valence-electron chi connectivity index (χ2n) is 22.8. The number of fused-ring (bicyclic) bond motifs is 8. The molecule has 0 unspecified atom stereocenters. The van der Waals surface area contributed by atoms with E-state index in [9.17, 15) is 0 Å². The Morgan fingerprint density at radius 1 is 0.586 bits per heavy atom. The summed E-state index contributed by atoms with van der Waals surface area (Å²) in [5.74, 6) is 1.07. The van der Waals surface area contributed by atoms with E-state index >= 15 is 0 Å². The van der Waals surface area contributed by atoms with Crippen molar-refractivity contribution in [2.45, 2.75) is 142 Å². The summed E-state index contributed by atoms with van der Waals surface area (Å²) in [4.78, 5) is 11.0. The summed E-state index contributed by atoms with van der Waals surface area (Å²) in [5.41, 5.74) is 17.5. The largest absolute Gasteiger partial charge is 0.310 e. The van der Waals surface area contributed by atoms with Gasteiger partial charge in [-0.1, -0.05) is 133 Å². The highest BCUT2D eigenvalue weighted by Gasteiger charge is 2.50. The Hall–Kier alpha value is -4.35. The minimum Gasteiger partial charge on any atom is -0.310 e. The van der Waals surface area contributed by atoms with E-state index in [1.807, 2.05) is 11.3 Å². The van der Waals surface area contributed by atoms with Crippen LogP contribution in [0.2, 0.25) is 0 Å². The predicted molar refractivity (Wildman–Crippen MR) is 252 cm³/mol. The highest BCUT2D eigenvalue weighted by molar-refractivity contribution is 7.33. The fraction of sp³-hybridized carbons (Fsp3) is 0.415. The van der Waals surface area contributed by atoms with Gasteiger partial charge in [-0.3, -0.25) is 4.90 Å². The maximum atomic E-state index is 5.86. The van der Waals surface area contributed by atoms with E-state index in [0.717, 1.165) is 24.4 Å². The van der Waals surface area contributed by atoms with Crippen molar-refractivity contribution in [2.24, 2.45) is 0 Å². The van der Waals surface area contributed by atoms with Gasteiger partial charge in [0.25, 0.3) is 6.71 Å². The summed E-state index contributed by atoms with van der Waals surface area (Å²) in [6, 6.07) is 33.4. The first-order valence-electron chi connectivity index (χ1n) is 21.6. The van der Waals surface area contributed by atoms with Gasteiger partial charge < -0.3 is 4.90 Å². The molecule has 6 aromatic rings. The van der Waals surface area contributed by atoms with Gasteiger partial charge >= 0.3 is 0 Å². The minimum atomic E-state index is -0.181. The molecule has 58 heavy (non-hydrogen) atoms. The van der Waals surface area contributed by atoms with E-state index in [4.69, 9.17) is 4.98 Å². The van der Waals surface area contributed by atoms with Crippen molar-refractivity contribution < 1.29 is 0 Å². The van der Waals surface area contributed by atoms with Crippen molar-refractivity contribution in [3.05, 3.63) is 118 Å². The van der Waals surface area contributed by atoms with Gasteiger partial charge in [-0.15, -0.1) is 11.3 Å². The van der Waals surface area contributed by atoms with Gasteiger partial charge in [-0.25, -0.2) is 4.98 Å². The van der Waals surface area contributed by atoms with E-state index in [1.165, 1.54) is 82.0 Å². The van der Waals surface area contributed by atoms with Crippen molar-refractivity contribution in [3.8, 4) is 0 Å². The van der Waals surface area contributed by atoms with Crippen molar-refractivity contribution in [3.63, 3.8) is 0 Å². The number of hydrogen-bond acceptors (Lipinski definition) is 4. The number of anilines is 6. The predicted octanol–water partition coefficient (Wildman–Crippen LogP) is 12.9. The van der Waals surface area contributed by atoms with Gasteiger partial charge in [0.1, 0.15) is 5.82 Å². The monoisotopic (exact) mass is 781 g/mol. The molecule has 0 spiro atoms. The lowest BCUT2D eigenvalue weighted by atomic mass is 9.36. The Labute approximate surface area is 352 Å². The van der Waals surface area contributed by atoms with Gasteiger partial charge in [0, 0.05) is 43.0 Å². The Bertz CT molecular complexity index is 2720. The molecule has 3 nitrogen and oxygen atoms in total. The van der Waals surface area contributed by atoms with Gasteiger partial charge in [0.15, 0.2) is 0 Å². The van der Waals surface area contributed by atoms with Crippen LogP contribution >= 0.6 is 11.3 Å². The van der Waals surface area contributed by atoms with Crippen LogP contribution in [0.3, 0.4) is 0 Å². The number of thiophene rings is 1. The van der Waals surface area contributed by atoms with Gasteiger partial charge in [-0.2, -0.15) is 0 Å². The smallest absolute Gasteiger partial charge is 0.266 e. The zero-order valence-corrected chi connectivity index (χ0v) is 38.1. The van der Waals surface area contributed by atoms with Crippen LogP contribution in [-0.2, 0) is 32.5 Å². The first-order valence-corrected chi connectivity index (χ1v) is 22.4. The molecule has 0 N–H and O–H groups in total. The number of hydrogen-bond donors (Lipinski definition) is 0. The molecule has 0 radical (unpaired) electrons. The summed E-state index contributed by atoms with van der Waals surface area (Å²) < 4.78 is 2.75. The standard InChI is InChI=1S/C53H60BN3S/c1-48(2,3)31-20-23-42-34(24-31)45-46(58-42)54-39-26-37-38(53(13,14)30-52(37,11)12)27-40(39)57(33-21-22-35-36(25-33)51(9,10)29-50(35,7)8)47-44(54)41(28-43(55-47)49(4,5)6)56(45)32-18-16-15-17-19-32/h15-28H,29-30H2,1-14H3. The molecule has 2 aliphatic heterocycles. The van der Waals surface area contributed by atoms with E-state index < -0.39 is 0 Å². The lowest BCUT2D eigenvalue weighted by Gasteiger charge is -2.44. The molecule has 5 heteroatoms. The molecule has 0 fully saturated rings. The summed E-state index contributed by atoms with van der Waals surface area (Å²) >= 11 is 1.99. The van der Waals surface area contributed by atoms with Crippen LogP contribution in [0, 0.1) is 0 Å². The average molecular weight is 782 g/mol. The molecule has 296 valence electrons. The zero-order valence-electron chi connectivity index (χ0n) is 37.3. The van der Waals surface area contributed by atoms with Crippen molar-refractivity contribution in [2.75, 3.05) is 9.80 Å². The topological polar surface area (TPSA) is 19.4 Å². The second kappa shape index (κ2) is 11.7. The molecule has 0 atom stereocenters. The molecule has 4 aromatic carbocycles. The third kappa shape index (κ3) is 5.33.